The van der Waals surface area contributed by atoms with Crippen LogP contribution in [0.5, 0.6) is 0 Å². The normalized spacial score (nSPS) is 16.2. The third-order valence-electron chi connectivity index (χ3n) is 5.18. The molecule has 1 aliphatic rings. The van der Waals surface area contributed by atoms with Crippen LogP contribution < -0.4 is 0 Å². The fourth-order valence-corrected chi connectivity index (χ4v) is 3.84. The first-order valence-electron chi connectivity index (χ1n) is 9.02. The molecular weight excluding hydrogens is 318 g/mol. The Morgan fingerprint density at radius 3 is 2.12 bits per heavy atom. The van der Waals surface area contributed by atoms with Gasteiger partial charge in [0.15, 0.2) is 5.78 Å². The van der Waals surface area contributed by atoms with Crippen LogP contribution in [0.4, 0.5) is 0 Å². The van der Waals surface area contributed by atoms with E-state index in [2.05, 4.69) is 24.8 Å². The zero-order valence-electron chi connectivity index (χ0n) is 15.1. The van der Waals surface area contributed by atoms with Gasteiger partial charge in [-0.25, -0.2) is 0 Å². The summed E-state index contributed by atoms with van der Waals surface area (Å²) in [5.41, 5.74) is 4.89. The minimum Gasteiger partial charge on any atom is -0.294 e. The second-order valence-corrected chi connectivity index (χ2v) is 6.92. The summed E-state index contributed by atoms with van der Waals surface area (Å²) in [6.45, 7) is 6.24. The smallest absolute Gasteiger partial charge is 0.163 e. The fraction of sp³-hybridized carbons (Fsp3) is 0.250. The minimum atomic E-state index is -0.284. The third kappa shape index (κ3) is 3.68. The van der Waals surface area contributed by atoms with Gasteiger partial charge in [-0.2, -0.15) is 5.26 Å². The van der Waals surface area contributed by atoms with Crippen molar-refractivity contribution in [3.8, 4) is 6.07 Å². The van der Waals surface area contributed by atoms with Crippen molar-refractivity contribution in [1.29, 1.82) is 5.26 Å². The average molecular weight is 341 g/mol. The zero-order chi connectivity index (χ0) is 18.5. The van der Waals surface area contributed by atoms with Gasteiger partial charge in [0, 0.05) is 17.9 Å². The highest BCUT2D eigenvalue weighted by Crippen LogP contribution is 2.40. The number of nitrogens with zero attached hydrogens (tertiary/aromatic N) is 1. The van der Waals surface area contributed by atoms with Crippen molar-refractivity contribution in [2.45, 2.75) is 38.0 Å². The van der Waals surface area contributed by atoms with Crippen molar-refractivity contribution < 1.29 is 4.79 Å². The number of nitriles is 1. The lowest BCUT2D eigenvalue weighted by Gasteiger charge is -2.24. The SMILES string of the molecule is C=C(CC(c1ccccc1)C(C#N)c1ccccc1)C1=C(C)CCC1=O. The summed E-state index contributed by atoms with van der Waals surface area (Å²) in [5, 5.41) is 9.93. The van der Waals surface area contributed by atoms with Crippen LogP contribution in [0.2, 0.25) is 0 Å². The van der Waals surface area contributed by atoms with Crippen molar-refractivity contribution >= 4 is 5.78 Å². The Morgan fingerprint density at radius 1 is 1.04 bits per heavy atom. The quantitative estimate of drug-likeness (QED) is 0.676. The second kappa shape index (κ2) is 7.97. The van der Waals surface area contributed by atoms with E-state index in [4.69, 9.17) is 0 Å². The van der Waals surface area contributed by atoms with Gasteiger partial charge in [-0.15, -0.1) is 0 Å². The first-order chi connectivity index (χ1) is 12.6. The molecule has 0 N–H and O–H groups in total. The summed E-state index contributed by atoms with van der Waals surface area (Å²) in [5.74, 6) is -0.134. The molecular formula is C24H23NO. The molecule has 0 fully saturated rings. The van der Waals surface area contributed by atoms with Crippen LogP contribution in [-0.4, -0.2) is 5.78 Å². The van der Waals surface area contributed by atoms with Crippen molar-refractivity contribution in [1.82, 2.24) is 0 Å². The Hall–Kier alpha value is -2.92. The first kappa shape index (κ1) is 17.9. The predicted molar refractivity (Wildman–Crippen MR) is 105 cm³/mol. The van der Waals surface area contributed by atoms with Crippen molar-refractivity contribution in [2.75, 3.05) is 0 Å². The Labute approximate surface area is 155 Å². The van der Waals surface area contributed by atoms with E-state index < -0.39 is 0 Å². The zero-order valence-corrected chi connectivity index (χ0v) is 15.1. The first-order valence-corrected chi connectivity index (χ1v) is 9.02. The van der Waals surface area contributed by atoms with Gasteiger partial charge in [-0.1, -0.05) is 72.8 Å². The van der Waals surface area contributed by atoms with E-state index in [-0.39, 0.29) is 17.6 Å². The van der Waals surface area contributed by atoms with Gasteiger partial charge < -0.3 is 0 Å². The molecule has 0 aromatic heterocycles. The highest BCUT2D eigenvalue weighted by molar-refractivity contribution is 6.02. The largest absolute Gasteiger partial charge is 0.294 e. The summed E-state index contributed by atoms with van der Waals surface area (Å²) >= 11 is 0. The molecule has 2 nitrogen and oxygen atoms in total. The lowest BCUT2D eigenvalue weighted by atomic mass is 9.77. The van der Waals surface area contributed by atoms with E-state index in [1.54, 1.807) is 0 Å². The molecule has 26 heavy (non-hydrogen) atoms. The van der Waals surface area contributed by atoms with E-state index in [1.807, 2.05) is 55.5 Å². The maximum absolute atomic E-state index is 12.3. The summed E-state index contributed by atoms with van der Waals surface area (Å²) in [7, 11) is 0. The number of carbonyl (C=O) groups is 1. The van der Waals surface area contributed by atoms with Crippen LogP contribution in [0.25, 0.3) is 0 Å². The number of hydrogen-bond acceptors (Lipinski definition) is 2. The Bertz CT molecular complexity index is 871. The van der Waals surface area contributed by atoms with Crippen molar-refractivity contribution in [2.24, 2.45) is 0 Å². The van der Waals surface area contributed by atoms with E-state index in [0.29, 0.717) is 12.8 Å². The topological polar surface area (TPSA) is 40.9 Å². The number of rotatable bonds is 6. The molecule has 3 rings (SSSR count). The Kier molecular flexibility index (Phi) is 5.49. The number of benzene rings is 2. The summed E-state index contributed by atoms with van der Waals surface area (Å²) in [6.07, 6.45) is 2.01. The van der Waals surface area contributed by atoms with E-state index in [0.717, 1.165) is 34.3 Å². The highest BCUT2D eigenvalue weighted by atomic mass is 16.1. The number of allylic oxidation sites excluding steroid dienone is 3. The highest BCUT2D eigenvalue weighted by Gasteiger charge is 2.29. The van der Waals surface area contributed by atoms with Gasteiger partial charge in [0.25, 0.3) is 0 Å². The molecule has 2 aromatic rings. The predicted octanol–water partition coefficient (Wildman–Crippen LogP) is 5.70. The third-order valence-corrected chi connectivity index (χ3v) is 5.18. The molecule has 130 valence electrons. The molecule has 0 bridgehead atoms. The summed E-state index contributed by atoms with van der Waals surface area (Å²) < 4.78 is 0. The number of carbonyl (C=O) groups excluding carboxylic acids is 1. The van der Waals surface area contributed by atoms with Crippen LogP contribution in [0.15, 0.2) is 84.0 Å². The molecule has 0 aliphatic heterocycles. The van der Waals surface area contributed by atoms with Gasteiger partial charge in [0.2, 0.25) is 0 Å². The lowest BCUT2D eigenvalue weighted by molar-refractivity contribution is -0.114. The molecule has 0 saturated heterocycles. The molecule has 0 amide bonds. The van der Waals surface area contributed by atoms with Crippen molar-refractivity contribution in [3.63, 3.8) is 0 Å². The van der Waals surface area contributed by atoms with Crippen molar-refractivity contribution in [3.05, 3.63) is 95.1 Å². The average Bonchev–Trinajstić information content (AvgIpc) is 3.01. The molecule has 2 atom stereocenters. The molecule has 0 radical (unpaired) electrons. The van der Waals surface area contributed by atoms with Crippen LogP contribution >= 0.6 is 0 Å². The Morgan fingerprint density at radius 2 is 1.62 bits per heavy atom. The standard InChI is InChI=1S/C24H23NO/c1-17-13-14-23(26)24(17)18(2)15-21(19-9-5-3-6-10-19)22(16-25)20-11-7-4-8-12-20/h3-12,21-22H,2,13-15H2,1H3. The van der Waals surface area contributed by atoms with Gasteiger partial charge in [-0.05, 0) is 36.5 Å². The lowest BCUT2D eigenvalue weighted by Crippen LogP contribution is -2.13. The fourth-order valence-electron chi connectivity index (χ4n) is 3.84. The van der Waals surface area contributed by atoms with Gasteiger partial charge in [0.05, 0.1) is 12.0 Å². The van der Waals surface area contributed by atoms with Gasteiger partial charge in [-0.3, -0.25) is 4.79 Å². The molecule has 0 saturated carbocycles. The molecule has 0 spiro atoms. The molecule has 2 unspecified atom stereocenters. The second-order valence-electron chi connectivity index (χ2n) is 6.92. The maximum atomic E-state index is 12.3. The number of ketones is 1. The molecule has 2 heteroatoms. The number of Topliss-reactive ketones (excluding diaryl/α,β-unsaturated/α-hetero) is 1. The minimum absolute atomic E-state index is 0.0372. The molecule has 2 aromatic carbocycles. The molecule has 1 aliphatic carbocycles. The summed E-state index contributed by atoms with van der Waals surface area (Å²) in [6, 6.07) is 22.5. The van der Waals surface area contributed by atoms with Gasteiger partial charge in [0.1, 0.15) is 0 Å². The van der Waals surface area contributed by atoms with E-state index in [1.165, 1.54) is 0 Å². The van der Waals surface area contributed by atoms with Crippen LogP contribution in [0, 0.1) is 11.3 Å². The van der Waals surface area contributed by atoms with Crippen LogP contribution in [0.3, 0.4) is 0 Å². The number of hydrogen-bond donors (Lipinski definition) is 0. The summed E-state index contributed by atoms with van der Waals surface area (Å²) in [4.78, 5) is 12.3. The van der Waals surface area contributed by atoms with Crippen LogP contribution in [-0.2, 0) is 4.79 Å². The van der Waals surface area contributed by atoms with Gasteiger partial charge >= 0.3 is 0 Å². The van der Waals surface area contributed by atoms with E-state index >= 15 is 0 Å². The van der Waals surface area contributed by atoms with E-state index in [9.17, 15) is 10.1 Å². The molecule has 0 heterocycles. The van der Waals surface area contributed by atoms with Crippen LogP contribution in [0.1, 0.15) is 49.1 Å². The maximum Gasteiger partial charge on any atom is 0.163 e. The Balaban J connectivity index is 1.97. The monoisotopic (exact) mass is 341 g/mol.